The van der Waals surface area contributed by atoms with Crippen molar-refractivity contribution in [2.75, 3.05) is 165 Å². The zero-order valence-corrected chi connectivity index (χ0v) is 53.8. The number of unbranched alkanes of at least 4 members (excludes halogenated alkanes) is 1. The SMILES string of the molecule is Cc1nnc(C(C)C)n1C1CC2CCC1N2CC[C@H](NC(=O)C1CCN(C(=O)CCN2CCN(CCCCc3cn(CCOCCOCCOCCOCCOCCOCCOCCOCCC(=O)Oc4c(F)cc(F)cc4F)nn3)CC2)CC1)c1ccccc1. The minimum absolute atomic E-state index is 0.0418. The van der Waals surface area contributed by atoms with E-state index in [2.05, 4.69) is 94.9 Å². The summed E-state index contributed by atoms with van der Waals surface area (Å²) >= 11 is 0. The number of hydrogen-bond donors (Lipinski definition) is 1. The standard InChI is InChI=1S/C65H98F3N11O12/c1-49(2)64-72-70-50(3)79(64)60-47-55-12-13-59(60)78(55)23-16-58(51-9-5-4-6-10-51)69-65(82)52-14-21-76(22-15-52)61(80)17-20-75-26-24-74(25-27-75)19-8-7-11-54-48-77(73-71-54)28-30-84-32-34-86-36-38-88-40-42-90-44-43-89-41-39-87-37-35-85-33-31-83-29-18-62(81)91-63-56(67)45-53(66)46-57(63)68/h4-6,9-10,45-46,48-49,52,55,58-60H,7-8,11-44,47H2,1-3H3,(H,69,82)/t55?,58-,59?,60?/m0/s1. The number of esters is 1. The van der Waals surface area contributed by atoms with Gasteiger partial charge in [0.25, 0.3) is 0 Å². The zero-order chi connectivity index (χ0) is 64.0. The van der Waals surface area contributed by atoms with E-state index in [1.165, 1.54) is 12.8 Å². The molecule has 4 aliphatic heterocycles. The average Bonchev–Trinajstić information content (AvgIpc) is 1.62. The number of nitrogens with zero attached hydrogens (tertiary/aromatic N) is 10. The van der Waals surface area contributed by atoms with E-state index in [9.17, 15) is 27.6 Å². The average molecular weight is 1280 g/mol. The van der Waals surface area contributed by atoms with Gasteiger partial charge in [0.15, 0.2) is 11.6 Å². The maximum Gasteiger partial charge on any atom is 0.313 e. The summed E-state index contributed by atoms with van der Waals surface area (Å²) in [7, 11) is 0. The highest BCUT2D eigenvalue weighted by atomic mass is 19.1. The number of rotatable bonds is 44. The largest absolute Gasteiger partial charge is 0.420 e. The fraction of sp³-hybridized carbons (Fsp3) is 0.708. The topological polar surface area (TPSA) is 221 Å². The summed E-state index contributed by atoms with van der Waals surface area (Å²) in [5.41, 5.74) is 2.13. The smallest absolute Gasteiger partial charge is 0.313 e. The fourth-order valence-electron chi connectivity index (χ4n) is 12.4. The minimum atomic E-state index is -1.30. The number of piperidine rings is 1. The van der Waals surface area contributed by atoms with Crippen LogP contribution in [0.5, 0.6) is 5.75 Å². The van der Waals surface area contributed by atoms with Gasteiger partial charge in [0.2, 0.25) is 17.6 Å². The van der Waals surface area contributed by atoms with E-state index in [0.717, 1.165) is 101 Å². The van der Waals surface area contributed by atoms with Crippen LogP contribution in [0.15, 0.2) is 48.7 Å². The maximum absolute atomic E-state index is 13.9. The third-order valence-corrected chi connectivity index (χ3v) is 17.4. The highest BCUT2D eigenvalue weighted by Crippen LogP contribution is 2.46. The first-order valence-corrected chi connectivity index (χ1v) is 33.0. The van der Waals surface area contributed by atoms with Gasteiger partial charge in [-0.1, -0.05) is 49.4 Å². The first kappa shape index (κ1) is 71.3. The van der Waals surface area contributed by atoms with Crippen LogP contribution in [0, 0.1) is 30.3 Å². The van der Waals surface area contributed by atoms with Crippen molar-refractivity contribution >= 4 is 17.8 Å². The predicted molar refractivity (Wildman–Crippen MR) is 331 cm³/mol. The van der Waals surface area contributed by atoms with E-state index >= 15 is 0 Å². The molecular weight excluding hydrogens is 1180 g/mol. The van der Waals surface area contributed by atoms with Crippen LogP contribution >= 0.6 is 0 Å². The Morgan fingerprint density at radius 3 is 1.78 bits per heavy atom. The Morgan fingerprint density at radius 2 is 1.19 bits per heavy atom. The Kier molecular flexibility index (Phi) is 30.8. The number of halogens is 3. The van der Waals surface area contributed by atoms with E-state index in [0.29, 0.717) is 161 Å². The van der Waals surface area contributed by atoms with E-state index in [4.69, 9.17) is 37.9 Å². The Bertz CT molecular complexity index is 2730. The van der Waals surface area contributed by atoms with Gasteiger partial charge in [-0.15, -0.1) is 15.3 Å². The second-order valence-corrected chi connectivity index (χ2v) is 24.1. The molecule has 0 saturated carbocycles. The number of nitrogens with one attached hydrogen (secondary N) is 1. The summed E-state index contributed by atoms with van der Waals surface area (Å²) in [4.78, 5) is 48.7. The summed E-state index contributed by atoms with van der Waals surface area (Å²) in [6.07, 6.45) is 11.1. The monoisotopic (exact) mass is 1280 g/mol. The molecule has 23 nitrogen and oxygen atoms in total. The Balaban J connectivity index is 0.550. The molecule has 0 radical (unpaired) electrons. The van der Waals surface area contributed by atoms with Gasteiger partial charge in [0, 0.05) is 101 Å². The number of piperazine rings is 1. The summed E-state index contributed by atoms with van der Waals surface area (Å²) < 4.78 is 93.0. The minimum Gasteiger partial charge on any atom is -0.420 e. The van der Waals surface area contributed by atoms with Crippen LogP contribution in [0.2, 0.25) is 0 Å². The molecular formula is C65H98F3N11O12. The highest BCUT2D eigenvalue weighted by molar-refractivity contribution is 5.80. The normalized spacial score (nSPS) is 18.7. The van der Waals surface area contributed by atoms with E-state index in [1.54, 1.807) is 0 Å². The molecule has 6 heterocycles. The first-order valence-electron chi connectivity index (χ1n) is 33.0. The predicted octanol–water partition coefficient (Wildman–Crippen LogP) is 6.14. The molecule has 0 aliphatic carbocycles. The molecule has 506 valence electrons. The molecule has 4 saturated heterocycles. The van der Waals surface area contributed by atoms with Gasteiger partial charge in [0.1, 0.15) is 17.5 Å². The molecule has 0 spiro atoms. The summed E-state index contributed by atoms with van der Waals surface area (Å²) in [5.74, 6) is -2.96. The third-order valence-electron chi connectivity index (χ3n) is 17.4. The van der Waals surface area contributed by atoms with Crippen LogP contribution in [-0.2, 0) is 65.2 Å². The van der Waals surface area contributed by atoms with Crippen LogP contribution < -0.4 is 10.1 Å². The quantitative estimate of drug-likeness (QED) is 0.0298. The molecule has 91 heavy (non-hydrogen) atoms. The van der Waals surface area contributed by atoms with Crippen molar-refractivity contribution in [3.63, 3.8) is 0 Å². The lowest BCUT2D eigenvalue weighted by atomic mass is 9.94. The van der Waals surface area contributed by atoms with Crippen molar-refractivity contribution in [3.8, 4) is 5.75 Å². The first-order chi connectivity index (χ1) is 44.4. The highest BCUT2D eigenvalue weighted by Gasteiger charge is 2.48. The molecule has 2 bridgehead atoms. The van der Waals surface area contributed by atoms with Gasteiger partial charge < -0.3 is 67.2 Å². The van der Waals surface area contributed by atoms with Crippen LogP contribution in [-0.4, -0.2) is 244 Å². The van der Waals surface area contributed by atoms with Crippen molar-refractivity contribution in [3.05, 3.63) is 89.0 Å². The number of carbonyl (C=O) groups excluding carboxylic acids is 3. The molecule has 3 unspecified atom stereocenters. The summed E-state index contributed by atoms with van der Waals surface area (Å²) in [5, 5.41) is 21.2. The van der Waals surface area contributed by atoms with Crippen LogP contribution in [0.3, 0.4) is 0 Å². The Labute approximate surface area is 534 Å². The second-order valence-electron chi connectivity index (χ2n) is 24.1. The number of aromatic nitrogens is 6. The molecule has 4 aliphatic rings. The van der Waals surface area contributed by atoms with Gasteiger partial charge in [-0.3, -0.25) is 19.3 Å². The van der Waals surface area contributed by atoms with Crippen LogP contribution in [0.1, 0.15) is 119 Å². The lowest BCUT2D eigenvalue weighted by molar-refractivity contribution is -0.136. The van der Waals surface area contributed by atoms with E-state index in [1.807, 2.05) is 21.8 Å². The number of benzene rings is 2. The van der Waals surface area contributed by atoms with Crippen molar-refractivity contribution in [1.29, 1.82) is 0 Å². The van der Waals surface area contributed by atoms with Crippen LogP contribution in [0.4, 0.5) is 13.2 Å². The zero-order valence-electron chi connectivity index (χ0n) is 53.8. The molecule has 4 atom stereocenters. The van der Waals surface area contributed by atoms with Crippen molar-refractivity contribution in [2.24, 2.45) is 5.92 Å². The van der Waals surface area contributed by atoms with E-state index < -0.39 is 29.2 Å². The van der Waals surface area contributed by atoms with Gasteiger partial charge in [-0.05, 0) is 76.8 Å². The van der Waals surface area contributed by atoms with E-state index in [-0.39, 0.29) is 50.0 Å². The number of likely N-dealkylation sites (tertiary alicyclic amines) is 1. The van der Waals surface area contributed by atoms with Gasteiger partial charge in [0.05, 0.1) is 136 Å². The van der Waals surface area contributed by atoms with Gasteiger partial charge in [-0.25, -0.2) is 17.9 Å². The van der Waals surface area contributed by atoms with Crippen molar-refractivity contribution in [2.45, 2.75) is 128 Å². The van der Waals surface area contributed by atoms with Crippen molar-refractivity contribution in [1.82, 2.24) is 54.7 Å². The number of fused-ring (bicyclic) bond motifs is 2. The Hall–Kier alpha value is -5.52. The molecule has 4 aromatic rings. The van der Waals surface area contributed by atoms with Gasteiger partial charge >= 0.3 is 5.97 Å². The number of ether oxygens (including phenoxy) is 9. The fourth-order valence-corrected chi connectivity index (χ4v) is 12.4. The van der Waals surface area contributed by atoms with Crippen LogP contribution in [0.25, 0.3) is 0 Å². The summed E-state index contributed by atoms with van der Waals surface area (Å²) in [6, 6.07) is 12.6. The van der Waals surface area contributed by atoms with Crippen molar-refractivity contribution < 1.29 is 70.2 Å². The lowest BCUT2D eigenvalue weighted by Crippen LogP contribution is -2.48. The maximum atomic E-state index is 13.9. The molecule has 2 aromatic heterocycles. The second kappa shape index (κ2) is 39.2. The summed E-state index contributed by atoms with van der Waals surface area (Å²) in [6.45, 7) is 21.1. The molecule has 1 N–H and O–H groups in total. The molecule has 8 rings (SSSR count). The molecule has 26 heteroatoms. The number of aryl methyl sites for hydroxylation is 2. The number of carbonyl (C=O) groups is 3. The number of amides is 2. The number of hydrogen-bond acceptors (Lipinski definition) is 19. The molecule has 4 fully saturated rings. The molecule has 2 aromatic carbocycles. The Morgan fingerprint density at radius 1 is 0.615 bits per heavy atom. The van der Waals surface area contributed by atoms with Gasteiger partial charge in [-0.2, -0.15) is 0 Å². The molecule has 2 amide bonds. The third kappa shape index (κ3) is 23.8. The lowest BCUT2D eigenvalue weighted by Gasteiger charge is -2.36.